The normalized spacial score (nSPS) is 10.2. The number of benzene rings is 2. The first-order chi connectivity index (χ1) is 10.1. The first-order valence-corrected chi connectivity index (χ1v) is 6.94. The molecule has 6 heteroatoms. The van der Waals surface area contributed by atoms with Crippen LogP contribution >= 0.6 is 23.2 Å². The molecule has 0 heterocycles. The summed E-state index contributed by atoms with van der Waals surface area (Å²) in [6.45, 7) is 0.478. The van der Waals surface area contributed by atoms with Crippen LogP contribution in [-0.4, -0.2) is 19.1 Å². The van der Waals surface area contributed by atoms with Crippen LogP contribution in [0.3, 0.4) is 0 Å². The molecule has 0 spiro atoms. The van der Waals surface area contributed by atoms with Crippen molar-refractivity contribution in [2.45, 2.75) is 0 Å². The molecule has 0 saturated carbocycles. The van der Waals surface area contributed by atoms with Gasteiger partial charge in [-0.2, -0.15) is 0 Å². The molecule has 2 aromatic rings. The molecule has 0 saturated heterocycles. The van der Waals surface area contributed by atoms with Crippen LogP contribution in [0.15, 0.2) is 42.5 Å². The van der Waals surface area contributed by atoms with Gasteiger partial charge >= 0.3 is 0 Å². The van der Waals surface area contributed by atoms with Gasteiger partial charge in [0, 0.05) is 5.02 Å². The molecular weight excluding hydrogens is 316 g/mol. The fourth-order valence-corrected chi connectivity index (χ4v) is 2.04. The second kappa shape index (κ2) is 7.29. The highest BCUT2D eigenvalue weighted by atomic mass is 35.5. The Morgan fingerprint density at radius 3 is 2.52 bits per heavy atom. The molecule has 21 heavy (non-hydrogen) atoms. The van der Waals surface area contributed by atoms with Crippen LogP contribution in [0.2, 0.25) is 10.0 Å². The smallest absolute Gasteiger partial charge is 0.255 e. The summed E-state index contributed by atoms with van der Waals surface area (Å²) in [5.74, 6) is -0.589. The minimum Gasteiger partial charge on any atom is -0.492 e. The summed E-state index contributed by atoms with van der Waals surface area (Å²) < 4.78 is 18.9. The number of halogens is 3. The molecule has 0 fully saturated rings. The molecule has 2 rings (SSSR count). The van der Waals surface area contributed by atoms with E-state index in [9.17, 15) is 9.18 Å². The van der Waals surface area contributed by atoms with Crippen LogP contribution < -0.4 is 10.1 Å². The Hall–Kier alpha value is -1.78. The largest absolute Gasteiger partial charge is 0.492 e. The van der Waals surface area contributed by atoms with Crippen molar-refractivity contribution in [2.75, 3.05) is 13.2 Å². The van der Waals surface area contributed by atoms with E-state index < -0.39 is 11.7 Å². The number of hydrogen-bond donors (Lipinski definition) is 1. The van der Waals surface area contributed by atoms with Crippen molar-refractivity contribution in [1.82, 2.24) is 5.32 Å². The van der Waals surface area contributed by atoms with Crippen LogP contribution in [-0.2, 0) is 0 Å². The Morgan fingerprint density at radius 2 is 1.86 bits per heavy atom. The molecule has 1 amide bonds. The molecule has 3 nitrogen and oxygen atoms in total. The Kier molecular flexibility index (Phi) is 5.42. The highest BCUT2D eigenvalue weighted by molar-refractivity contribution is 6.33. The Balaban J connectivity index is 1.83. The molecule has 0 aromatic heterocycles. The Bertz CT molecular complexity index is 612. The molecule has 0 aliphatic rings. The van der Waals surface area contributed by atoms with Gasteiger partial charge in [-0.25, -0.2) is 4.39 Å². The third-order valence-electron chi connectivity index (χ3n) is 2.66. The maximum absolute atomic E-state index is 13.5. The Morgan fingerprint density at radius 1 is 1.14 bits per heavy atom. The van der Waals surface area contributed by atoms with Crippen LogP contribution in [0.4, 0.5) is 4.39 Å². The van der Waals surface area contributed by atoms with Gasteiger partial charge in [0.25, 0.3) is 5.91 Å². The number of amides is 1. The van der Waals surface area contributed by atoms with Crippen molar-refractivity contribution in [1.29, 1.82) is 0 Å². The summed E-state index contributed by atoms with van der Waals surface area (Å²) in [7, 11) is 0. The van der Waals surface area contributed by atoms with Crippen molar-refractivity contribution < 1.29 is 13.9 Å². The zero-order valence-electron chi connectivity index (χ0n) is 10.9. The van der Waals surface area contributed by atoms with Crippen LogP contribution in [0, 0.1) is 5.82 Å². The quantitative estimate of drug-likeness (QED) is 0.844. The summed E-state index contributed by atoms with van der Waals surface area (Å²) in [5, 5.41) is 3.24. The first-order valence-electron chi connectivity index (χ1n) is 6.18. The lowest BCUT2D eigenvalue weighted by atomic mass is 10.2. The predicted octanol–water partition coefficient (Wildman–Crippen LogP) is 3.94. The third-order valence-corrected chi connectivity index (χ3v) is 3.23. The number of carbonyl (C=O) groups excluding carboxylic acids is 1. The lowest BCUT2D eigenvalue weighted by molar-refractivity contribution is 0.0943. The standard InChI is InChI=1S/C15H12Cl2FNO2/c16-10-4-6-11(7-5-10)21-9-8-19-15(20)14-12(17)2-1-3-13(14)18/h1-7H,8-9H2,(H,19,20). The molecule has 2 aromatic carbocycles. The maximum Gasteiger partial charge on any atom is 0.255 e. The van der Waals surface area contributed by atoms with Crippen LogP contribution in [0.25, 0.3) is 0 Å². The van der Waals surface area contributed by atoms with Crippen LogP contribution in [0.5, 0.6) is 5.75 Å². The Labute approximate surface area is 131 Å². The molecule has 0 aliphatic heterocycles. The minimum absolute atomic E-state index is 0.0751. The van der Waals surface area contributed by atoms with E-state index in [1.807, 2.05) is 0 Å². The fourth-order valence-electron chi connectivity index (χ4n) is 1.67. The second-order valence-corrected chi connectivity index (χ2v) is 5.00. The van der Waals surface area contributed by atoms with Crippen molar-refractivity contribution in [2.24, 2.45) is 0 Å². The molecule has 0 aliphatic carbocycles. The van der Waals surface area contributed by atoms with E-state index in [1.54, 1.807) is 24.3 Å². The van der Waals surface area contributed by atoms with Crippen molar-refractivity contribution in [3.63, 3.8) is 0 Å². The SMILES string of the molecule is O=C(NCCOc1ccc(Cl)cc1)c1c(F)cccc1Cl. The van der Waals surface area contributed by atoms with Gasteiger partial charge in [0.15, 0.2) is 0 Å². The zero-order valence-corrected chi connectivity index (χ0v) is 12.4. The predicted molar refractivity (Wildman–Crippen MR) is 80.7 cm³/mol. The second-order valence-electron chi connectivity index (χ2n) is 4.15. The lowest BCUT2D eigenvalue weighted by Gasteiger charge is -2.09. The van der Waals surface area contributed by atoms with Gasteiger partial charge in [-0.1, -0.05) is 29.3 Å². The minimum atomic E-state index is -0.654. The van der Waals surface area contributed by atoms with E-state index in [4.69, 9.17) is 27.9 Å². The van der Waals surface area contributed by atoms with E-state index in [2.05, 4.69) is 5.32 Å². The summed E-state index contributed by atoms with van der Waals surface area (Å²) in [5.41, 5.74) is -0.161. The van der Waals surface area contributed by atoms with Gasteiger partial charge in [-0.3, -0.25) is 4.79 Å². The highest BCUT2D eigenvalue weighted by Crippen LogP contribution is 2.18. The van der Waals surface area contributed by atoms with Gasteiger partial charge in [0.1, 0.15) is 18.2 Å². The van der Waals surface area contributed by atoms with Gasteiger partial charge in [-0.15, -0.1) is 0 Å². The molecule has 110 valence electrons. The molecule has 0 bridgehead atoms. The van der Waals surface area contributed by atoms with Gasteiger partial charge in [-0.05, 0) is 36.4 Å². The van der Waals surface area contributed by atoms with E-state index in [1.165, 1.54) is 18.2 Å². The molecule has 0 radical (unpaired) electrons. The van der Waals surface area contributed by atoms with Gasteiger partial charge < -0.3 is 10.1 Å². The molecular formula is C15H12Cl2FNO2. The summed E-state index contributed by atoms with van der Waals surface area (Å²) in [4.78, 5) is 11.8. The van der Waals surface area contributed by atoms with E-state index in [0.717, 1.165) is 0 Å². The van der Waals surface area contributed by atoms with E-state index in [0.29, 0.717) is 10.8 Å². The monoisotopic (exact) mass is 327 g/mol. The number of carbonyl (C=O) groups is 1. The number of rotatable bonds is 5. The van der Waals surface area contributed by atoms with Gasteiger partial charge in [0.05, 0.1) is 17.1 Å². The number of hydrogen-bond acceptors (Lipinski definition) is 2. The average molecular weight is 328 g/mol. The topological polar surface area (TPSA) is 38.3 Å². The molecule has 0 atom stereocenters. The summed E-state index contributed by atoms with van der Waals surface area (Å²) >= 11 is 11.6. The van der Waals surface area contributed by atoms with Crippen molar-refractivity contribution in [3.05, 3.63) is 63.9 Å². The third kappa shape index (κ3) is 4.34. The number of nitrogens with one attached hydrogen (secondary N) is 1. The first kappa shape index (κ1) is 15.6. The lowest BCUT2D eigenvalue weighted by Crippen LogP contribution is -2.29. The van der Waals surface area contributed by atoms with Crippen molar-refractivity contribution >= 4 is 29.1 Å². The highest BCUT2D eigenvalue weighted by Gasteiger charge is 2.14. The molecule has 1 N–H and O–H groups in total. The van der Waals surface area contributed by atoms with Gasteiger partial charge in [0.2, 0.25) is 0 Å². The fraction of sp³-hybridized carbons (Fsp3) is 0.133. The number of ether oxygens (including phenoxy) is 1. The van der Waals surface area contributed by atoms with E-state index >= 15 is 0 Å². The maximum atomic E-state index is 13.5. The summed E-state index contributed by atoms with van der Waals surface area (Å²) in [6, 6.07) is 10.9. The zero-order chi connectivity index (χ0) is 15.2. The van der Waals surface area contributed by atoms with E-state index in [-0.39, 0.29) is 23.7 Å². The summed E-state index contributed by atoms with van der Waals surface area (Å²) in [6.07, 6.45) is 0. The molecule has 0 unspecified atom stereocenters. The van der Waals surface area contributed by atoms with Crippen molar-refractivity contribution in [3.8, 4) is 5.75 Å². The van der Waals surface area contributed by atoms with Crippen LogP contribution in [0.1, 0.15) is 10.4 Å². The average Bonchev–Trinajstić information content (AvgIpc) is 2.45.